The summed E-state index contributed by atoms with van der Waals surface area (Å²) in [7, 11) is 0. The molecule has 1 aromatic heterocycles. The normalized spacial score (nSPS) is 22.3. The molecule has 2 aromatic rings. The van der Waals surface area contributed by atoms with Gasteiger partial charge in [-0.1, -0.05) is 32.0 Å². The molecule has 4 rings (SSSR count). The summed E-state index contributed by atoms with van der Waals surface area (Å²) in [6.45, 7) is 8.10. The molecule has 1 aromatic carbocycles. The summed E-state index contributed by atoms with van der Waals surface area (Å²) in [6, 6.07) is 9.12. The van der Waals surface area contributed by atoms with Crippen molar-refractivity contribution in [2.75, 3.05) is 18.4 Å². The van der Waals surface area contributed by atoms with E-state index in [-0.39, 0.29) is 5.91 Å². The number of anilines is 1. The SMILES string of the molecule is Cc1cccc(C(C)C)c1NC(=O)C[NH+]1CCc2sccc2[C@H]1C1CC1. The first-order chi connectivity index (χ1) is 12.5. The van der Waals surface area contributed by atoms with E-state index < -0.39 is 0 Å². The second-order valence-electron chi connectivity index (χ2n) is 8.19. The van der Waals surface area contributed by atoms with Crippen LogP contribution in [0.3, 0.4) is 0 Å². The molecule has 1 aliphatic carbocycles. The van der Waals surface area contributed by atoms with E-state index in [4.69, 9.17) is 0 Å². The van der Waals surface area contributed by atoms with E-state index >= 15 is 0 Å². The largest absolute Gasteiger partial charge is 0.321 e. The number of para-hydroxylation sites is 1. The monoisotopic (exact) mass is 369 g/mol. The number of amides is 1. The number of nitrogens with one attached hydrogen (secondary N) is 2. The number of carbonyl (C=O) groups excluding carboxylic acids is 1. The van der Waals surface area contributed by atoms with Gasteiger partial charge in [0.2, 0.25) is 0 Å². The van der Waals surface area contributed by atoms with Crippen LogP contribution in [0.2, 0.25) is 0 Å². The third-order valence-corrected chi connectivity index (χ3v) is 6.90. The first-order valence-corrected chi connectivity index (χ1v) is 10.7. The van der Waals surface area contributed by atoms with Crippen LogP contribution >= 0.6 is 11.3 Å². The second kappa shape index (κ2) is 7.16. The molecule has 0 spiro atoms. The van der Waals surface area contributed by atoms with E-state index in [2.05, 4.69) is 55.7 Å². The summed E-state index contributed by atoms with van der Waals surface area (Å²) in [5.41, 5.74) is 4.91. The van der Waals surface area contributed by atoms with Gasteiger partial charge in [-0.15, -0.1) is 11.3 Å². The maximum Gasteiger partial charge on any atom is 0.279 e. The number of carbonyl (C=O) groups is 1. The Morgan fingerprint density at radius 1 is 1.31 bits per heavy atom. The van der Waals surface area contributed by atoms with E-state index in [0.717, 1.165) is 30.1 Å². The number of rotatable bonds is 5. The first-order valence-electron chi connectivity index (χ1n) is 9.84. The molecule has 1 fully saturated rings. The lowest BCUT2D eigenvalue weighted by Gasteiger charge is -2.32. The predicted molar refractivity (Wildman–Crippen MR) is 108 cm³/mol. The van der Waals surface area contributed by atoms with Crippen LogP contribution in [0.5, 0.6) is 0 Å². The number of thiophene rings is 1. The maximum absolute atomic E-state index is 12.9. The molecular weight excluding hydrogens is 340 g/mol. The molecular formula is C22H29N2OS+. The molecule has 1 amide bonds. The Morgan fingerprint density at radius 2 is 2.12 bits per heavy atom. The van der Waals surface area contributed by atoms with Crippen molar-refractivity contribution in [1.82, 2.24) is 0 Å². The van der Waals surface area contributed by atoms with E-state index in [1.54, 1.807) is 4.88 Å². The highest BCUT2D eigenvalue weighted by Crippen LogP contribution is 2.42. The first kappa shape index (κ1) is 17.7. The average molecular weight is 370 g/mol. The van der Waals surface area contributed by atoms with Crippen LogP contribution in [-0.2, 0) is 11.2 Å². The van der Waals surface area contributed by atoms with Gasteiger partial charge in [0.1, 0.15) is 6.04 Å². The second-order valence-corrected chi connectivity index (χ2v) is 9.19. The highest BCUT2D eigenvalue weighted by atomic mass is 32.1. The molecule has 2 heterocycles. The molecule has 2 N–H and O–H groups in total. The van der Waals surface area contributed by atoms with Crippen molar-refractivity contribution in [2.24, 2.45) is 5.92 Å². The van der Waals surface area contributed by atoms with Gasteiger partial charge in [-0.3, -0.25) is 4.79 Å². The summed E-state index contributed by atoms with van der Waals surface area (Å²) in [4.78, 5) is 15.9. The van der Waals surface area contributed by atoms with Gasteiger partial charge in [0, 0.05) is 28.5 Å². The fourth-order valence-electron chi connectivity index (χ4n) is 4.43. The molecule has 2 atom stereocenters. The van der Waals surface area contributed by atoms with Gasteiger partial charge < -0.3 is 10.2 Å². The van der Waals surface area contributed by atoms with Crippen molar-refractivity contribution in [3.8, 4) is 0 Å². The lowest BCUT2D eigenvalue weighted by atomic mass is 9.95. The number of aryl methyl sites for hydroxylation is 1. The predicted octanol–water partition coefficient (Wildman–Crippen LogP) is 3.71. The number of benzene rings is 1. The van der Waals surface area contributed by atoms with Crippen LogP contribution < -0.4 is 10.2 Å². The van der Waals surface area contributed by atoms with E-state index in [0.29, 0.717) is 18.5 Å². The Bertz CT molecular complexity index is 806. The lowest BCUT2D eigenvalue weighted by molar-refractivity contribution is -0.928. The van der Waals surface area contributed by atoms with Gasteiger partial charge >= 0.3 is 0 Å². The Morgan fingerprint density at radius 3 is 2.85 bits per heavy atom. The summed E-state index contributed by atoms with van der Waals surface area (Å²) < 4.78 is 0. The molecule has 0 saturated heterocycles. The Hall–Kier alpha value is -1.65. The van der Waals surface area contributed by atoms with Crippen molar-refractivity contribution in [1.29, 1.82) is 0 Å². The fourth-order valence-corrected chi connectivity index (χ4v) is 5.36. The number of hydrogen-bond donors (Lipinski definition) is 2. The molecule has 2 aliphatic rings. The minimum Gasteiger partial charge on any atom is -0.321 e. The van der Waals surface area contributed by atoms with E-state index in [1.165, 1.54) is 28.9 Å². The summed E-state index contributed by atoms with van der Waals surface area (Å²) >= 11 is 1.89. The van der Waals surface area contributed by atoms with Crippen LogP contribution in [-0.4, -0.2) is 19.0 Å². The minimum absolute atomic E-state index is 0.153. The van der Waals surface area contributed by atoms with Crippen molar-refractivity contribution in [3.05, 3.63) is 51.2 Å². The average Bonchev–Trinajstić information content (AvgIpc) is 3.32. The van der Waals surface area contributed by atoms with Gasteiger partial charge in [0.05, 0.1) is 6.54 Å². The fraction of sp³-hybridized carbons (Fsp3) is 0.500. The summed E-state index contributed by atoms with van der Waals surface area (Å²) in [6.07, 6.45) is 3.75. The molecule has 4 heteroatoms. The topological polar surface area (TPSA) is 33.5 Å². The molecule has 138 valence electrons. The van der Waals surface area contributed by atoms with Crippen LogP contribution in [0.15, 0.2) is 29.6 Å². The van der Waals surface area contributed by atoms with Gasteiger partial charge in [-0.2, -0.15) is 0 Å². The van der Waals surface area contributed by atoms with E-state index in [9.17, 15) is 4.79 Å². The lowest BCUT2D eigenvalue weighted by Crippen LogP contribution is -3.14. The van der Waals surface area contributed by atoms with Crippen LogP contribution in [0.1, 0.15) is 60.2 Å². The van der Waals surface area contributed by atoms with Crippen LogP contribution in [0, 0.1) is 12.8 Å². The minimum atomic E-state index is 0.153. The number of quaternary nitrogens is 1. The molecule has 0 bridgehead atoms. The Labute approximate surface area is 160 Å². The molecule has 3 nitrogen and oxygen atoms in total. The van der Waals surface area contributed by atoms with Crippen molar-refractivity contribution in [2.45, 2.75) is 52.0 Å². The smallest absolute Gasteiger partial charge is 0.279 e. The van der Waals surface area contributed by atoms with Crippen molar-refractivity contribution in [3.63, 3.8) is 0 Å². The summed E-state index contributed by atoms with van der Waals surface area (Å²) in [5, 5.41) is 5.48. The highest BCUT2D eigenvalue weighted by Gasteiger charge is 2.43. The third kappa shape index (κ3) is 3.45. The molecule has 1 saturated carbocycles. The standard InChI is InChI=1S/C22H28N2OS/c1-14(2)17-6-4-5-15(3)21(17)23-20(25)13-24-11-9-19-18(10-12-26-19)22(24)16-7-8-16/h4-6,10,12,14,16,22H,7-9,11,13H2,1-3H3,(H,23,25)/p+1/t22-/m1/s1. The van der Waals surface area contributed by atoms with Crippen LogP contribution in [0.4, 0.5) is 5.69 Å². The van der Waals surface area contributed by atoms with Gasteiger partial charge in [-0.25, -0.2) is 0 Å². The van der Waals surface area contributed by atoms with Gasteiger partial charge in [-0.05, 0) is 48.3 Å². The molecule has 1 unspecified atom stereocenters. The zero-order chi connectivity index (χ0) is 18.3. The van der Waals surface area contributed by atoms with Crippen LogP contribution in [0.25, 0.3) is 0 Å². The van der Waals surface area contributed by atoms with Crippen molar-refractivity contribution >= 4 is 22.9 Å². The maximum atomic E-state index is 12.9. The number of fused-ring (bicyclic) bond motifs is 1. The van der Waals surface area contributed by atoms with E-state index in [1.807, 2.05) is 11.3 Å². The van der Waals surface area contributed by atoms with Crippen molar-refractivity contribution < 1.29 is 9.69 Å². The third-order valence-electron chi connectivity index (χ3n) is 5.90. The molecule has 1 aliphatic heterocycles. The quantitative estimate of drug-likeness (QED) is 0.828. The Kier molecular flexibility index (Phi) is 4.89. The highest BCUT2D eigenvalue weighted by molar-refractivity contribution is 7.10. The van der Waals surface area contributed by atoms with Gasteiger partial charge in [0.15, 0.2) is 6.54 Å². The molecule has 26 heavy (non-hydrogen) atoms. The number of hydrogen-bond acceptors (Lipinski definition) is 2. The zero-order valence-corrected chi connectivity index (χ0v) is 16.8. The van der Waals surface area contributed by atoms with Gasteiger partial charge in [0.25, 0.3) is 5.91 Å². The Balaban J connectivity index is 1.51. The zero-order valence-electron chi connectivity index (χ0n) is 16.0. The molecule has 0 radical (unpaired) electrons. The summed E-state index contributed by atoms with van der Waals surface area (Å²) in [5.74, 6) is 1.33.